The van der Waals surface area contributed by atoms with Crippen LogP contribution >= 0.6 is 0 Å². The molecule has 2 heterocycles. The Morgan fingerprint density at radius 1 is 0.923 bits per heavy atom. The largest absolute Gasteiger partial charge is 0.497 e. The van der Waals surface area contributed by atoms with Crippen LogP contribution in [0.5, 0.6) is 17.4 Å². The molecule has 0 spiro atoms. The normalized spacial score (nSPS) is 12.7. The summed E-state index contributed by atoms with van der Waals surface area (Å²) in [5, 5.41) is 10.5. The average molecular weight is 348 g/mol. The van der Waals surface area contributed by atoms with Gasteiger partial charge in [0.2, 0.25) is 0 Å². The molecule has 0 fully saturated rings. The first-order chi connectivity index (χ1) is 12.6. The van der Waals surface area contributed by atoms with Crippen LogP contribution in [0.1, 0.15) is 21.5 Å². The van der Waals surface area contributed by atoms with Gasteiger partial charge in [-0.3, -0.25) is 4.79 Å². The summed E-state index contributed by atoms with van der Waals surface area (Å²) >= 11 is 0. The second-order valence-corrected chi connectivity index (χ2v) is 5.83. The maximum atomic E-state index is 12.6. The monoisotopic (exact) mass is 348 g/mol. The van der Waals surface area contributed by atoms with Crippen LogP contribution < -0.4 is 9.47 Å². The molecule has 0 saturated carbocycles. The number of aromatic amines is 1. The van der Waals surface area contributed by atoms with E-state index in [4.69, 9.17) is 9.47 Å². The minimum Gasteiger partial charge on any atom is -0.497 e. The number of ether oxygens (including phenoxy) is 2. The highest BCUT2D eigenvalue weighted by atomic mass is 16.5. The lowest BCUT2D eigenvalue weighted by Gasteiger charge is -2.04. The number of methoxy groups -OCH3 is 2. The molecule has 26 heavy (non-hydrogen) atoms. The number of H-pyrrole nitrogens is 1. The first-order valence-electron chi connectivity index (χ1n) is 7.99. The summed E-state index contributed by atoms with van der Waals surface area (Å²) in [6.45, 7) is 0. The van der Waals surface area contributed by atoms with Crippen molar-refractivity contribution in [1.29, 1.82) is 0 Å². The van der Waals surface area contributed by atoms with Crippen molar-refractivity contribution in [2.24, 2.45) is 4.99 Å². The van der Waals surface area contributed by atoms with Gasteiger partial charge >= 0.3 is 0 Å². The molecule has 1 amide bonds. The van der Waals surface area contributed by atoms with E-state index in [0.717, 1.165) is 5.56 Å². The maximum absolute atomic E-state index is 12.6. The number of rotatable bonds is 4. The molecule has 0 radical (unpaired) electrons. The van der Waals surface area contributed by atoms with Gasteiger partial charge in [-0.05, 0) is 24.3 Å². The van der Waals surface area contributed by atoms with Crippen LogP contribution in [0.3, 0.4) is 0 Å². The van der Waals surface area contributed by atoms with E-state index in [2.05, 4.69) is 9.98 Å². The van der Waals surface area contributed by atoms with Crippen LogP contribution in [-0.4, -0.2) is 35.9 Å². The van der Waals surface area contributed by atoms with Crippen molar-refractivity contribution < 1.29 is 19.4 Å². The van der Waals surface area contributed by atoms with E-state index >= 15 is 0 Å². The summed E-state index contributed by atoms with van der Waals surface area (Å²) < 4.78 is 10.5. The van der Waals surface area contributed by atoms with E-state index in [-0.39, 0.29) is 5.88 Å². The summed E-state index contributed by atoms with van der Waals surface area (Å²) in [7, 11) is 3.14. The molecule has 3 aromatic rings. The highest BCUT2D eigenvalue weighted by Gasteiger charge is 2.33. The van der Waals surface area contributed by atoms with Crippen molar-refractivity contribution in [3.63, 3.8) is 0 Å². The minimum absolute atomic E-state index is 0.0924. The maximum Gasteiger partial charge on any atom is 0.280 e. The van der Waals surface area contributed by atoms with Gasteiger partial charge in [-0.15, -0.1) is 0 Å². The first kappa shape index (κ1) is 16.0. The van der Waals surface area contributed by atoms with E-state index < -0.39 is 5.91 Å². The zero-order chi connectivity index (χ0) is 18.3. The Hall–Kier alpha value is -3.54. The molecular weight excluding hydrogens is 332 g/mol. The number of nitrogens with zero attached hydrogens (tertiary/aromatic N) is 1. The molecule has 4 rings (SSSR count). The smallest absolute Gasteiger partial charge is 0.280 e. The summed E-state index contributed by atoms with van der Waals surface area (Å²) in [6.07, 6.45) is 0. The predicted octanol–water partition coefficient (Wildman–Crippen LogP) is 3.40. The van der Waals surface area contributed by atoms with E-state index in [0.29, 0.717) is 39.6 Å². The highest BCUT2D eigenvalue weighted by molar-refractivity contribution is 6.30. The molecule has 1 aliphatic rings. The molecule has 0 atom stereocenters. The number of aromatic hydroxyl groups is 1. The fraction of sp³-hybridized carbons (Fsp3) is 0.100. The van der Waals surface area contributed by atoms with Gasteiger partial charge in [0.05, 0.1) is 36.8 Å². The summed E-state index contributed by atoms with van der Waals surface area (Å²) in [5.74, 6) is 0.816. The predicted molar refractivity (Wildman–Crippen MR) is 97.4 cm³/mol. The van der Waals surface area contributed by atoms with E-state index in [1.165, 1.54) is 0 Å². The van der Waals surface area contributed by atoms with E-state index in [9.17, 15) is 9.90 Å². The molecule has 6 nitrogen and oxygen atoms in total. The molecule has 2 aromatic carbocycles. The number of aromatic nitrogens is 1. The van der Waals surface area contributed by atoms with E-state index in [1.54, 1.807) is 32.4 Å². The Kier molecular flexibility index (Phi) is 3.73. The molecule has 0 unspecified atom stereocenters. The number of aliphatic imine (C=N–C) groups is 1. The molecule has 0 saturated heterocycles. The lowest BCUT2D eigenvalue weighted by Crippen LogP contribution is -2.00. The summed E-state index contributed by atoms with van der Waals surface area (Å²) in [4.78, 5) is 19.7. The topological polar surface area (TPSA) is 83.9 Å². The number of nitrogens with one attached hydrogen (secondary N) is 1. The molecule has 1 aromatic heterocycles. The first-order valence-corrected chi connectivity index (χ1v) is 7.99. The number of hydrogen-bond donors (Lipinski definition) is 2. The molecule has 2 N–H and O–H groups in total. The van der Waals surface area contributed by atoms with Gasteiger partial charge in [0, 0.05) is 11.1 Å². The average Bonchev–Trinajstić information content (AvgIpc) is 3.20. The fourth-order valence-electron chi connectivity index (χ4n) is 3.12. The van der Waals surface area contributed by atoms with Crippen molar-refractivity contribution in [1.82, 2.24) is 4.98 Å². The molecule has 1 aliphatic heterocycles. The molecule has 6 heteroatoms. The number of benzene rings is 2. The highest BCUT2D eigenvalue weighted by Crippen LogP contribution is 2.38. The Morgan fingerprint density at radius 2 is 1.54 bits per heavy atom. The zero-order valence-electron chi connectivity index (χ0n) is 14.2. The summed E-state index contributed by atoms with van der Waals surface area (Å²) in [5.41, 5.74) is 3.13. The van der Waals surface area contributed by atoms with Gasteiger partial charge in [-0.1, -0.05) is 24.3 Å². The molecular formula is C20H16N2O4. The summed E-state index contributed by atoms with van der Waals surface area (Å²) in [6, 6.07) is 14.5. The van der Waals surface area contributed by atoms with Gasteiger partial charge in [0.15, 0.2) is 5.88 Å². The third-order valence-electron chi connectivity index (χ3n) is 4.35. The van der Waals surface area contributed by atoms with Crippen LogP contribution in [0.4, 0.5) is 0 Å². The molecule has 130 valence electrons. The van der Waals surface area contributed by atoms with Gasteiger partial charge in [0.25, 0.3) is 5.91 Å². The zero-order valence-corrected chi connectivity index (χ0v) is 14.2. The Balaban J connectivity index is 1.86. The number of carbonyl (C=O) groups excluding carboxylic acids is 1. The molecule has 0 aliphatic carbocycles. The quantitative estimate of drug-likeness (QED) is 0.757. The van der Waals surface area contributed by atoms with Crippen LogP contribution in [0.15, 0.2) is 53.5 Å². The van der Waals surface area contributed by atoms with Crippen LogP contribution in [0.2, 0.25) is 0 Å². The Labute approximate surface area is 149 Å². The van der Waals surface area contributed by atoms with Gasteiger partial charge in [-0.2, -0.15) is 0 Å². The Bertz CT molecular complexity index is 1050. The number of hydrogen-bond acceptors (Lipinski definition) is 4. The lowest BCUT2D eigenvalue weighted by atomic mass is 10.00. The lowest BCUT2D eigenvalue weighted by molar-refractivity contribution is 0.101. The fourth-order valence-corrected chi connectivity index (χ4v) is 3.12. The van der Waals surface area contributed by atoms with Gasteiger partial charge in [-0.25, -0.2) is 4.99 Å². The van der Waals surface area contributed by atoms with Gasteiger partial charge in [0.1, 0.15) is 11.5 Å². The van der Waals surface area contributed by atoms with Crippen LogP contribution in [0, 0.1) is 0 Å². The minimum atomic E-state index is -0.396. The van der Waals surface area contributed by atoms with Crippen LogP contribution in [0.25, 0.3) is 11.3 Å². The van der Waals surface area contributed by atoms with Crippen molar-refractivity contribution in [2.75, 3.05) is 14.2 Å². The number of amides is 1. The molecule has 0 bridgehead atoms. The number of fused-ring (bicyclic) bond motifs is 1. The third kappa shape index (κ3) is 2.43. The van der Waals surface area contributed by atoms with Crippen molar-refractivity contribution in [3.05, 3.63) is 65.2 Å². The third-order valence-corrected chi connectivity index (χ3v) is 4.35. The van der Waals surface area contributed by atoms with Crippen molar-refractivity contribution >= 4 is 11.6 Å². The van der Waals surface area contributed by atoms with Gasteiger partial charge < -0.3 is 19.6 Å². The van der Waals surface area contributed by atoms with Crippen LogP contribution in [-0.2, 0) is 0 Å². The number of carbonyl (C=O) groups is 1. The SMILES string of the molecule is COc1cccc(C2=NC(=O)c3c(-c4cccc(OC)c4)[nH]c(O)c32)c1. The Morgan fingerprint density at radius 3 is 2.19 bits per heavy atom. The van der Waals surface area contributed by atoms with E-state index in [1.807, 2.05) is 30.3 Å². The van der Waals surface area contributed by atoms with Crippen molar-refractivity contribution in [2.45, 2.75) is 0 Å². The second-order valence-electron chi connectivity index (χ2n) is 5.83. The van der Waals surface area contributed by atoms with Crippen molar-refractivity contribution in [3.8, 4) is 28.6 Å². The standard InChI is InChI=1S/C20H16N2O4/c1-25-13-7-3-5-11(9-13)17-15-16(20(24)21-17)18(22-19(15)23)12-6-4-8-14(10-12)26-2/h3-10,21,24H,1-2H3. The second kappa shape index (κ2) is 6.07.